The van der Waals surface area contributed by atoms with Crippen molar-refractivity contribution in [3.05, 3.63) is 0 Å². The molecule has 3 aliphatic carbocycles. The van der Waals surface area contributed by atoms with Crippen molar-refractivity contribution in [2.75, 3.05) is 0 Å². The van der Waals surface area contributed by atoms with E-state index in [1.54, 1.807) is 0 Å². The Morgan fingerprint density at radius 2 is 1.87 bits per heavy atom. The summed E-state index contributed by atoms with van der Waals surface area (Å²) in [7, 11) is 0. The molecule has 3 rings (SSSR count). The third kappa shape index (κ3) is 1.48. The highest BCUT2D eigenvalue weighted by atomic mass is 35.5. The van der Waals surface area contributed by atoms with E-state index in [4.69, 9.17) is 10.8 Å². The first-order valence-electron chi connectivity index (χ1n) is 5.29. The largest absolute Gasteiger partial charge is 0.481 e. The maximum Gasteiger partial charge on any atom is 0.308 e. The standard InChI is InChI=1S/C11H19NO2.ClH/c1-10(2)6-4-7(9(13)14)11(3,12)8(10)5-6;/h6-8H,4-5,12H2,1-3H3,(H,13,14);1H. The molecule has 3 saturated carbocycles. The molecule has 3 N–H and O–H groups in total. The quantitative estimate of drug-likeness (QED) is 0.727. The van der Waals surface area contributed by atoms with Crippen LogP contribution in [0.2, 0.25) is 0 Å². The summed E-state index contributed by atoms with van der Waals surface area (Å²) in [4.78, 5) is 11.1. The Hall–Kier alpha value is -0.280. The van der Waals surface area contributed by atoms with Crippen LogP contribution in [0.4, 0.5) is 0 Å². The molecule has 3 nitrogen and oxygen atoms in total. The number of hydrogen-bond donors (Lipinski definition) is 2. The van der Waals surface area contributed by atoms with Gasteiger partial charge in [0.15, 0.2) is 0 Å². The summed E-state index contributed by atoms with van der Waals surface area (Å²) in [6.45, 7) is 6.34. The second-order valence-corrected chi connectivity index (χ2v) is 5.80. The van der Waals surface area contributed by atoms with Crippen LogP contribution < -0.4 is 5.73 Å². The number of carboxylic acid groups (broad SMARTS) is 1. The molecule has 4 unspecified atom stereocenters. The van der Waals surface area contributed by atoms with Crippen LogP contribution in [0.3, 0.4) is 0 Å². The molecule has 0 spiro atoms. The molecule has 4 atom stereocenters. The van der Waals surface area contributed by atoms with Gasteiger partial charge >= 0.3 is 5.97 Å². The minimum Gasteiger partial charge on any atom is -0.481 e. The Kier molecular flexibility index (Phi) is 2.86. The van der Waals surface area contributed by atoms with Crippen molar-refractivity contribution < 1.29 is 9.90 Å². The van der Waals surface area contributed by atoms with E-state index in [0.717, 1.165) is 12.8 Å². The van der Waals surface area contributed by atoms with Gasteiger partial charge in [0.05, 0.1) is 5.92 Å². The number of hydrogen-bond acceptors (Lipinski definition) is 2. The van der Waals surface area contributed by atoms with Gasteiger partial charge in [0.25, 0.3) is 0 Å². The molecule has 0 aromatic heterocycles. The van der Waals surface area contributed by atoms with Crippen LogP contribution in [0.25, 0.3) is 0 Å². The molecule has 88 valence electrons. The highest BCUT2D eigenvalue weighted by Gasteiger charge is 2.63. The summed E-state index contributed by atoms with van der Waals surface area (Å²) < 4.78 is 0. The van der Waals surface area contributed by atoms with Gasteiger partial charge in [-0.2, -0.15) is 0 Å². The SMILES string of the molecule is CC1(C)C2CC(C(=O)O)C(C)(N)C1C2.Cl. The first-order valence-corrected chi connectivity index (χ1v) is 5.29. The number of carboxylic acids is 1. The first kappa shape index (κ1) is 12.8. The minimum absolute atomic E-state index is 0. The van der Waals surface area contributed by atoms with Gasteiger partial charge < -0.3 is 10.8 Å². The van der Waals surface area contributed by atoms with E-state index >= 15 is 0 Å². The average molecular weight is 234 g/mol. The molecule has 2 bridgehead atoms. The van der Waals surface area contributed by atoms with Crippen LogP contribution in [0.15, 0.2) is 0 Å². The fourth-order valence-corrected chi connectivity index (χ4v) is 3.62. The van der Waals surface area contributed by atoms with E-state index in [1.807, 2.05) is 6.92 Å². The second-order valence-electron chi connectivity index (χ2n) is 5.80. The molecular weight excluding hydrogens is 214 g/mol. The topological polar surface area (TPSA) is 63.3 Å². The molecule has 15 heavy (non-hydrogen) atoms. The van der Waals surface area contributed by atoms with Gasteiger partial charge in [-0.3, -0.25) is 4.79 Å². The molecule has 0 aromatic rings. The minimum atomic E-state index is -0.722. The number of carbonyl (C=O) groups is 1. The van der Waals surface area contributed by atoms with Crippen molar-refractivity contribution in [1.82, 2.24) is 0 Å². The highest BCUT2D eigenvalue weighted by Crippen LogP contribution is 2.63. The van der Waals surface area contributed by atoms with Crippen molar-refractivity contribution in [2.24, 2.45) is 28.9 Å². The lowest BCUT2D eigenvalue weighted by molar-refractivity contribution is -0.173. The number of rotatable bonds is 1. The maximum absolute atomic E-state index is 11.1. The van der Waals surface area contributed by atoms with E-state index in [-0.39, 0.29) is 23.7 Å². The van der Waals surface area contributed by atoms with Gasteiger partial charge in [-0.05, 0) is 37.0 Å². The number of nitrogens with two attached hydrogens (primary N) is 1. The van der Waals surface area contributed by atoms with E-state index < -0.39 is 11.5 Å². The number of halogens is 1. The Labute approximate surface area is 96.8 Å². The molecule has 3 aliphatic rings. The maximum atomic E-state index is 11.1. The first-order chi connectivity index (χ1) is 6.28. The predicted molar refractivity (Wildman–Crippen MR) is 61.0 cm³/mol. The van der Waals surface area contributed by atoms with Gasteiger partial charge in [-0.25, -0.2) is 0 Å². The van der Waals surface area contributed by atoms with Gasteiger partial charge in [0.2, 0.25) is 0 Å². The summed E-state index contributed by atoms with van der Waals surface area (Å²) in [5.41, 5.74) is 5.92. The fourth-order valence-electron chi connectivity index (χ4n) is 3.62. The van der Waals surface area contributed by atoms with Gasteiger partial charge in [0, 0.05) is 5.54 Å². The summed E-state index contributed by atoms with van der Waals surface area (Å²) in [6.07, 6.45) is 1.87. The van der Waals surface area contributed by atoms with Crippen molar-refractivity contribution in [3.8, 4) is 0 Å². The Balaban J connectivity index is 0.00000112. The molecular formula is C11H20ClNO2. The molecule has 0 aromatic carbocycles. The van der Waals surface area contributed by atoms with E-state index in [2.05, 4.69) is 13.8 Å². The van der Waals surface area contributed by atoms with Crippen LogP contribution in [-0.4, -0.2) is 16.6 Å². The third-order valence-corrected chi connectivity index (χ3v) is 4.79. The lowest BCUT2D eigenvalue weighted by Gasteiger charge is -2.65. The van der Waals surface area contributed by atoms with Crippen molar-refractivity contribution in [1.29, 1.82) is 0 Å². The Morgan fingerprint density at radius 3 is 2.20 bits per heavy atom. The zero-order valence-corrected chi connectivity index (χ0v) is 10.3. The van der Waals surface area contributed by atoms with Crippen LogP contribution >= 0.6 is 12.4 Å². The van der Waals surface area contributed by atoms with E-state index in [1.165, 1.54) is 0 Å². The van der Waals surface area contributed by atoms with Gasteiger partial charge in [-0.15, -0.1) is 12.4 Å². The zero-order chi connectivity index (χ0) is 10.7. The summed E-state index contributed by atoms with van der Waals surface area (Å²) >= 11 is 0. The lowest BCUT2D eigenvalue weighted by atomic mass is 9.41. The van der Waals surface area contributed by atoms with Crippen molar-refractivity contribution in [3.63, 3.8) is 0 Å². The monoisotopic (exact) mass is 233 g/mol. The smallest absolute Gasteiger partial charge is 0.308 e. The second kappa shape index (κ2) is 3.36. The highest BCUT2D eigenvalue weighted by molar-refractivity contribution is 5.85. The number of aliphatic carboxylic acids is 1. The summed E-state index contributed by atoms with van der Waals surface area (Å²) in [5.74, 6) is -0.139. The zero-order valence-electron chi connectivity index (χ0n) is 9.49. The third-order valence-electron chi connectivity index (χ3n) is 4.79. The molecule has 4 heteroatoms. The van der Waals surface area contributed by atoms with Crippen molar-refractivity contribution >= 4 is 18.4 Å². The molecule has 0 aliphatic heterocycles. The van der Waals surface area contributed by atoms with Crippen LogP contribution in [-0.2, 0) is 4.79 Å². The van der Waals surface area contributed by atoms with Crippen LogP contribution in [0, 0.1) is 23.2 Å². The predicted octanol–water partition coefficient (Wildman–Crippen LogP) is 1.89. The molecule has 3 fully saturated rings. The molecule has 0 saturated heterocycles. The van der Waals surface area contributed by atoms with Crippen LogP contribution in [0.5, 0.6) is 0 Å². The molecule has 0 amide bonds. The van der Waals surface area contributed by atoms with Gasteiger partial charge in [-0.1, -0.05) is 13.8 Å². The van der Waals surface area contributed by atoms with Gasteiger partial charge in [0.1, 0.15) is 0 Å². The number of fused-ring (bicyclic) bond motifs is 2. The van der Waals surface area contributed by atoms with Crippen molar-refractivity contribution in [2.45, 2.75) is 39.2 Å². The summed E-state index contributed by atoms with van der Waals surface area (Å²) in [6, 6.07) is 0. The lowest BCUT2D eigenvalue weighted by Crippen LogP contribution is -2.69. The Morgan fingerprint density at radius 1 is 1.33 bits per heavy atom. The fraction of sp³-hybridized carbons (Fsp3) is 0.909. The van der Waals surface area contributed by atoms with E-state index in [9.17, 15) is 4.79 Å². The molecule has 0 heterocycles. The average Bonchev–Trinajstić information content (AvgIpc) is 2.00. The normalized spacial score (nSPS) is 46.3. The molecule has 0 radical (unpaired) electrons. The Bertz CT molecular complexity index is 288. The van der Waals surface area contributed by atoms with Crippen LogP contribution in [0.1, 0.15) is 33.6 Å². The summed E-state index contributed by atoms with van der Waals surface area (Å²) in [5, 5.41) is 9.10. The van der Waals surface area contributed by atoms with E-state index in [0.29, 0.717) is 11.8 Å².